The zero-order valence-electron chi connectivity index (χ0n) is 45.0. The summed E-state index contributed by atoms with van der Waals surface area (Å²) in [5, 5.41) is 14.2. The van der Waals surface area contributed by atoms with Crippen molar-refractivity contribution < 1.29 is 4.42 Å². The van der Waals surface area contributed by atoms with Gasteiger partial charge in [-0.25, -0.2) is 0 Å². The van der Waals surface area contributed by atoms with Gasteiger partial charge >= 0.3 is 0 Å². The standard InChI is InChI=1S/C79H49N3O/c1-3-20-50(21-4-1)76-61-30-7-9-32-63(61)78(69-43-40-56(49-80-69)81-70-34-15-11-26-57(70)58-27-12-16-35-71(58)81)67-47-54(38-41-65(67)76)52-24-19-25-53(46-52)55-39-42-66-68(48-55)79(64-33-10-8-31-62(64)77(66)51-22-5-2-6-23-51)74-44-45-75(83-74)82-72-36-17-13-28-59(72)60-29-14-18-37-73(60)82/h1-49H. The van der Waals surface area contributed by atoms with Gasteiger partial charge in [-0.3, -0.25) is 9.55 Å². The first-order valence-electron chi connectivity index (χ1n) is 28.4. The molecule has 4 heteroatoms. The summed E-state index contributed by atoms with van der Waals surface area (Å²) in [7, 11) is 0. The number of para-hydroxylation sites is 4. The molecule has 0 aliphatic heterocycles. The summed E-state index contributed by atoms with van der Waals surface area (Å²) in [6.45, 7) is 0. The van der Waals surface area contributed by atoms with Crippen LogP contribution >= 0.6 is 0 Å². The Morgan fingerprint density at radius 1 is 0.241 bits per heavy atom. The molecule has 0 saturated heterocycles. The van der Waals surface area contributed by atoms with Crippen molar-refractivity contribution in [1.29, 1.82) is 0 Å². The molecule has 0 fully saturated rings. The van der Waals surface area contributed by atoms with Gasteiger partial charge < -0.3 is 8.98 Å². The van der Waals surface area contributed by atoms with E-state index in [4.69, 9.17) is 9.40 Å². The number of fused-ring (bicyclic) bond motifs is 10. The van der Waals surface area contributed by atoms with Gasteiger partial charge in [0.1, 0.15) is 5.76 Å². The molecule has 0 aliphatic carbocycles. The minimum absolute atomic E-state index is 0.778. The number of benzene rings is 13. The van der Waals surface area contributed by atoms with Crippen molar-refractivity contribution in [3.63, 3.8) is 0 Å². The van der Waals surface area contributed by atoms with Gasteiger partial charge in [0.25, 0.3) is 0 Å². The molecule has 17 aromatic rings. The second kappa shape index (κ2) is 18.8. The number of hydrogen-bond acceptors (Lipinski definition) is 2. The van der Waals surface area contributed by atoms with Gasteiger partial charge in [-0.2, -0.15) is 0 Å². The van der Waals surface area contributed by atoms with Gasteiger partial charge in [-0.1, -0.05) is 224 Å². The highest BCUT2D eigenvalue weighted by Crippen LogP contribution is 2.48. The summed E-state index contributed by atoms with van der Waals surface area (Å²) in [4.78, 5) is 5.39. The molecule has 0 N–H and O–H groups in total. The van der Waals surface area contributed by atoms with Crippen LogP contribution in [-0.4, -0.2) is 14.1 Å². The largest absolute Gasteiger partial charge is 0.440 e. The molecular weight excluding hydrogens is 1010 g/mol. The molecule has 4 aromatic heterocycles. The van der Waals surface area contributed by atoms with Crippen LogP contribution in [0.1, 0.15) is 0 Å². The quantitative estimate of drug-likeness (QED) is 0.142. The zero-order valence-corrected chi connectivity index (χ0v) is 45.0. The second-order valence-electron chi connectivity index (χ2n) is 21.7. The van der Waals surface area contributed by atoms with E-state index in [9.17, 15) is 0 Å². The molecule has 0 radical (unpaired) electrons. The molecule has 0 spiro atoms. The Labute approximate surface area is 478 Å². The maximum absolute atomic E-state index is 7.17. The first-order valence-corrected chi connectivity index (χ1v) is 28.4. The van der Waals surface area contributed by atoms with Crippen LogP contribution in [0.4, 0.5) is 0 Å². The fraction of sp³-hybridized carbons (Fsp3) is 0. The van der Waals surface area contributed by atoms with Gasteiger partial charge in [0.05, 0.1) is 39.6 Å². The monoisotopic (exact) mass is 1060 g/mol. The average molecular weight is 1060 g/mol. The highest BCUT2D eigenvalue weighted by atomic mass is 16.4. The van der Waals surface area contributed by atoms with E-state index in [0.717, 1.165) is 100 Å². The summed E-state index contributed by atoms with van der Waals surface area (Å²) in [6, 6.07) is 106. The Kier molecular flexibility index (Phi) is 10.6. The molecule has 0 unspecified atom stereocenters. The van der Waals surface area contributed by atoms with Crippen molar-refractivity contribution in [1.82, 2.24) is 14.1 Å². The molecular formula is C79H49N3O. The molecule has 83 heavy (non-hydrogen) atoms. The number of aromatic nitrogens is 3. The van der Waals surface area contributed by atoms with Crippen molar-refractivity contribution in [3.05, 3.63) is 297 Å². The van der Waals surface area contributed by atoms with E-state index in [-0.39, 0.29) is 0 Å². The van der Waals surface area contributed by atoms with Crippen molar-refractivity contribution in [2.24, 2.45) is 0 Å². The number of nitrogens with zero attached hydrogens (tertiary/aromatic N) is 3. The van der Waals surface area contributed by atoms with Crippen LogP contribution in [0.15, 0.2) is 302 Å². The molecule has 386 valence electrons. The molecule has 13 aromatic carbocycles. The third-order valence-corrected chi connectivity index (χ3v) is 17.2. The van der Waals surface area contributed by atoms with Crippen LogP contribution in [0.2, 0.25) is 0 Å². The Morgan fingerprint density at radius 3 is 1.11 bits per heavy atom. The normalized spacial score (nSPS) is 11.9. The van der Waals surface area contributed by atoms with Gasteiger partial charge in [0.2, 0.25) is 5.88 Å². The van der Waals surface area contributed by atoms with Gasteiger partial charge in [0, 0.05) is 38.7 Å². The highest BCUT2D eigenvalue weighted by Gasteiger charge is 2.23. The van der Waals surface area contributed by atoms with E-state index in [0.29, 0.717) is 0 Å². The number of furan rings is 1. The van der Waals surface area contributed by atoms with E-state index in [1.807, 2.05) is 6.20 Å². The van der Waals surface area contributed by atoms with Gasteiger partial charge in [-0.05, 0) is 148 Å². The molecule has 0 amide bonds. The van der Waals surface area contributed by atoms with Crippen LogP contribution in [0.3, 0.4) is 0 Å². The Balaban J connectivity index is 0.841. The molecule has 4 nitrogen and oxygen atoms in total. The summed E-state index contributed by atoms with van der Waals surface area (Å²) in [5.41, 5.74) is 18.0. The SMILES string of the molecule is c1ccc(-c2c3ccccc3c(-c3ccc(-n4c5ccccc5c5ccccc54)cn3)c3cc(-c4cccc(-c5ccc6c(-c7ccccc7)c7ccccc7c(-c7ccc(-n8c9ccccc9c9ccccc98)o7)c6c5)c4)ccc23)cc1. The molecule has 0 bridgehead atoms. The summed E-state index contributed by atoms with van der Waals surface area (Å²) < 4.78 is 11.8. The van der Waals surface area contributed by atoms with Crippen LogP contribution in [0.5, 0.6) is 0 Å². The first kappa shape index (κ1) is 46.8. The summed E-state index contributed by atoms with van der Waals surface area (Å²) in [5.74, 6) is 1.60. The fourth-order valence-electron chi connectivity index (χ4n) is 13.6. The van der Waals surface area contributed by atoms with Crippen molar-refractivity contribution in [2.45, 2.75) is 0 Å². The van der Waals surface area contributed by atoms with Crippen LogP contribution in [-0.2, 0) is 0 Å². The number of pyridine rings is 1. The predicted molar refractivity (Wildman–Crippen MR) is 348 cm³/mol. The minimum atomic E-state index is 0.778. The number of rotatable bonds is 8. The van der Waals surface area contributed by atoms with Gasteiger partial charge in [-0.15, -0.1) is 0 Å². The zero-order chi connectivity index (χ0) is 54.5. The van der Waals surface area contributed by atoms with Crippen molar-refractivity contribution in [3.8, 4) is 78.7 Å². The smallest absolute Gasteiger partial charge is 0.205 e. The minimum Gasteiger partial charge on any atom is -0.440 e. The molecule has 0 atom stereocenters. The molecule has 4 heterocycles. The summed E-state index contributed by atoms with van der Waals surface area (Å²) in [6.07, 6.45) is 2.05. The maximum atomic E-state index is 7.17. The molecule has 17 rings (SSSR count). The lowest BCUT2D eigenvalue weighted by Gasteiger charge is -2.19. The summed E-state index contributed by atoms with van der Waals surface area (Å²) >= 11 is 0. The van der Waals surface area contributed by atoms with Crippen molar-refractivity contribution >= 4 is 86.7 Å². The molecule has 0 saturated carbocycles. The van der Waals surface area contributed by atoms with E-state index in [1.54, 1.807) is 0 Å². The first-order chi connectivity index (χ1) is 41.2. The Morgan fingerprint density at radius 2 is 0.627 bits per heavy atom. The predicted octanol–water partition coefficient (Wildman–Crippen LogP) is 21.5. The third kappa shape index (κ3) is 7.36. The lowest BCUT2D eigenvalue weighted by molar-refractivity contribution is 0.561. The van der Waals surface area contributed by atoms with Gasteiger partial charge in [0.15, 0.2) is 0 Å². The third-order valence-electron chi connectivity index (χ3n) is 17.2. The maximum Gasteiger partial charge on any atom is 0.205 e. The van der Waals surface area contributed by atoms with Crippen LogP contribution in [0, 0.1) is 0 Å². The topological polar surface area (TPSA) is 35.9 Å². The second-order valence-corrected chi connectivity index (χ2v) is 21.7. The van der Waals surface area contributed by atoms with E-state index < -0.39 is 0 Å². The highest BCUT2D eigenvalue weighted by molar-refractivity contribution is 6.23. The van der Waals surface area contributed by atoms with E-state index in [2.05, 4.69) is 300 Å². The average Bonchev–Trinajstić information content (AvgIpc) is 2.47. The van der Waals surface area contributed by atoms with Crippen LogP contribution in [0.25, 0.3) is 165 Å². The van der Waals surface area contributed by atoms with E-state index >= 15 is 0 Å². The number of hydrogen-bond donors (Lipinski definition) is 0. The molecule has 0 aliphatic rings. The fourth-order valence-corrected chi connectivity index (χ4v) is 13.6. The lowest BCUT2D eigenvalue weighted by Crippen LogP contribution is -1.97. The van der Waals surface area contributed by atoms with Crippen molar-refractivity contribution in [2.75, 3.05) is 0 Å². The Hall–Kier alpha value is -11.1. The van der Waals surface area contributed by atoms with Crippen LogP contribution < -0.4 is 0 Å². The lowest BCUT2D eigenvalue weighted by atomic mass is 9.85. The Bertz CT molecular complexity index is 5330. The van der Waals surface area contributed by atoms with E-state index in [1.165, 1.54) is 65.3 Å².